The van der Waals surface area contributed by atoms with Crippen molar-refractivity contribution in [1.82, 2.24) is 15.0 Å². The number of thioether (sulfide) groups is 1. The minimum Gasteiger partial charge on any atom is -0.394 e. The van der Waals surface area contributed by atoms with Crippen molar-refractivity contribution in [1.29, 1.82) is 0 Å². The van der Waals surface area contributed by atoms with Crippen LogP contribution in [-0.2, 0) is 4.74 Å². The van der Waals surface area contributed by atoms with Crippen LogP contribution in [0.2, 0.25) is 10.0 Å². The van der Waals surface area contributed by atoms with Crippen LogP contribution in [0.3, 0.4) is 0 Å². The topological polar surface area (TPSA) is 101 Å². The number of hydrogen-bond acceptors (Lipinski definition) is 7. The first kappa shape index (κ1) is 24.3. The van der Waals surface area contributed by atoms with Gasteiger partial charge in [-0.2, -0.15) is 0 Å². The Hall–Kier alpha value is -1.86. The number of nitrogens with zero attached hydrogens (tertiary/aromatic N) is 3. The fraction of sp³-hybridized carbons (Fsp3) is 0.300. The van der Waals surface area contributed by atoms with E-state index in [4.69, 9.17) is 27.9 Å². The molecule has 3 N–H and O–H groups in total. The summed E-state index contributed by atoms with van der Waals surface area (Å²) in [6.45, 7) is -0.569. The van der Waals surface area contributed by atoms with Crippen LogP contribution in [0.5, 0.6) is 0 Å². The molecule has 0 saturated carbocycles. The van der Waals surface area contributed by atoms with Gasteiger partial charge in [-0.1, -0.05) is 46.2 Å². The second-order valence-corrected chi connectivity index (χ2v) is 9.13. The van der Waals surface area contributed by atoms with Gasteiger partial charge in [-0.15, -0.1) is 5.10 Å². The van der Waals surface area contributed by atoms with E-state index in [2.05, 4.69) is 10.3 Å². The molecule has 0 amide bonds. The lowest BCUT2D eigenvalue weighted by Crippen LogP contribution is -2.55. The monoisotopic (exact) mass is 521 g/mol. The van der Waals surface area contributed by atoms with Gasteiger partial charge in [0.1, 0.15) is 35.5 Å². The Labute approximate surface area is 199 Å². The van der Waals surface area contributed by atoms with Crippen LogP contribution in [0, 0.1) is 17.5 Å². The molecular weight excluding hydrogens is 506 g/mol. The Bertz CT molecular complexity index is 1150. The highest BCUT2D eigenvalue weighted by atomic mass is 35.5. The molecule has 2 aromatic carbocycles. The van der Waals surface area contributed by atoms with Crippen LogP contribution in [0.4, 0.5) is 13.2 Å². The molecule has 0 bridgehead atoms. The summed E-state index contributed by atoms with van der Waals surface area (Å²) < 4.78 is 47.2. The molecule has 1 aliphatic heterocycles. The van der Waals surface area contributed by atoms with E-state index in [0.29, 0.717) is 9.92 Å². The summed E-state index contributed by atoms with van der Waals surface area (Å²) >= 11 is 13.3. The average Bonchev–Trinajstić information content (AvgIpc) is 3.26. The van der Waals surface area contributed by atoms with Crippen molar-refractivity contribution < 1.29 is 33.2 Å². The molecule has 3 aromatic rings. The number of benzene rings is 2. The Morgan fingerprint density at radius 2 is 1.79 bits per heavy atom. The van der Waals surface area contributed by atoms with Crippen molar-refractivity contribution in [2.24, 2.45) is 0 Å². The second kappa shape index (κ2) is 9.79. The third-order valence-electron chi connectivity index (χ3n) is 5.10. The predicted molar refractivity (Wildman–Crippen MR) is 114 cm³/mol. The number of aliphatic hydroxyl groups is 3. The lowest BCUT2D eigenvalue weighted by Gasteiger charge is -2.41. The molecule has 2 heterocycles. The number of aliphatic hydroxyl groups excluding tert-OH is 3. The Kier molecular flexibility index (Phi) is 7.20. The summed E-state index contributed by atoms with van der Waals surface area (Å²) in [5.74, 6) is -4.42. The van der Waals surface area contributed by atoms with Gasteiger partial charge in [0.25, 0.3) is 0 Å². The first-order valence-electron chi connectivity index (χ1n) is 9.51. The molecule has 2 unspecified atom stereocenters. The number of rotatable bonds is 5. The lowest BCUT2D eigenvalue weighted by atomic mass is 9.97. The number of aromatic nitrogens is 3. The van der Waals surface area contributed by atoms with E-state index in [0.717, 1.165) is 28.6 Å². The minimum absolute atomic E-state index is 0.0265. The van der Waals surface area contributed by atoms with E-state index < -0.39 is 53.8 Å². The minimum atomic E-state index is -1.62. The molecule has 1 saturated heterocycles. The van der Waals surface area contributed by atoms with Crippen molar-refractivity contribution in [3.63, 3.8) is 0 Å². The molecular formula is C20H16Cl2F3N3O4S. The van der Waals surface area contributed by atoms with Crippen molar-refractivity contribution in [3.05, 3.63) is 64.0 Å². The van der Waals surface area contributed by atoms with Gasteiger partial charge in [0.15, 0.2) is 17.5 Å². The summed E-state index contributed by atoms with van der Waals surface area (Å²) in [6.07, 6.45) is -2.65. The molecule has 4 rings (SSSR count). The van der Waals surface area contributed by atoms with Gasteiger partial charge < -0.3 is 20.1 Å². The van der Waals surface area contributed by atoms with Crippen molar-refractivity contribution in [2.45, 2.75) is 34.7 Å². The highest BCUT2D eigenvalue weighted by Crippen LogP contribution is 2.41. The Morgan fingerprint density at radius 3 is 2.45 bits per heavy atom. The maximum absolute atomic E-state index is 13.6. The lowest BCUT2D eigenvalue weighted by molar-refractivity contribution is -0.178. The van der Waals surface area contributed by atoms with Gasteiger partial charge in [0.05, 0.1) is 22.8 Å². The van der Waals surface area contributed by atoms with Crippen LogP contribution >= 0.6 is 35.0 Å². The molecule has 1 aliphatic rings. The van der Waals surface area contributed by atoms with Crippen molar-refractivity contribution in [3.8, 4) is 11.3 Å². The molecule has 0 aliphatic carbocycles. The molecule has 1 fully saturated rings. The van der Waals surface area contributed by atoms with Crippen molar-refractivity contribution in [2.75, 3.05) is 6.61 Å². The largest absolute Gasteiger partial charge is 0.394 e. The summed E-state index contributed by atoms with van der Waals surface area (Å²) in [7, 11) is 0. The van der Waals surface area contributed by atoms with Gasteiger partial charge in [0.2, 0.25) is 0 Å². The highest BCUT2D eigenvalue weighted by Gasteiger charge is 2.46. The van der Waals surface area contributed by atoms with E-state index in [9.17, 15) is 28.5 Å². The Morgan fingerprint density at radius 1 is 1.09 bits per heavy atom. The molecule has 13 heteroatoms. The number of hydrogen-bond donors (Lipinski definition) is 3. The van der Waals surface area contributed by atoms with E-state index in [1.165, 1.54) is 6.20 Å². The normalized spacial score (nSPS) is 25.4. The maximum Gasteiger partial charge on any atom is 0.194 e. The third kappa shape index (κ3) is 4.72. The first-order valence-corrected chi connectivity index (χ1v) is 11.1. The van der Waals surface area contributed by atoms with Crippen LogP contribution < -0.4 is 0 Å². The summed E-state index contributed by atoms with van der Waals surface area (Å²) in [5, 5.41) is 39.5. The Balaban J connectivity index is 1.65. The zero-order valence-electron chi connectivity index (χ0n) is 16.4. The van der Waals surface area contributed by atoms with Gasteiger partial charge in [-0.05, 0) is 24.3 Å². The maximum atomic E-state index is 13.6. The van der Waals surface area contributed by atoms with Crippen molar-refractivity contribution >= 4 is 35.0 Å². The van der Waals surface area contributed by atoms with E-state index in [1.807, 2.05) is 0 Å². The van der Waals surface area contributed by atoms with Gasteiger partial charge in [-0.3, -0.25) is 0 Å². The van der Waals surface area contributed by atoms with Gasteiger partial charge >= 0.3 is 0 Å². The van der Waals surface area contributed by atoms with E-state index in [1.54, 1.807) is 18.2 Å². The predicted octanol–water partition coefficient (Wildman–Crippen LogP) is 3.44. The molecule has 33 heavy (non-hydrogen) atoms. The zero-order chi connectivity index (χ0) is 23.9. The van der Waals surface area contributed by atoms with Gasteiger partial charge in [-0.25, -0.2) is 17.9 Å². The fourth-order valence-corrected chi connectivity index (χ4v) is 5.05. The van der Waals surface area contributed by atoms with Gasteiger partial charge in [0, 0.05) is 10.5 Å². The zero-order valence-corrected chi connectivity index (χ0v) is 18.8. The molecule has 1 aromatic heterocycles. The molecule has 5 atom stereocenters. The summed E-state index contributed by atoms with van der Waals surface area (Å²) in [5.41, 5.74) is -1.12. The smallest absolute Gasteiger partial charge is 0.194 e. The van der Waals surface area contributed by atoms with E-state index in [-0.39, 0.29) is 16.3 Å². The highest BCUT2D eigenvalue weighted by molar-refractivity contribution is 8.00. The molecule has 0 radical (unpaired) electrons. The van der Waals surface area contributed by atoms with Crippen LogP contribution in [0.15, 0.2) is 41.4 Å². The van der Waals surface area contributed by atoms with Crippen LogP contribution in [0.1, 0.15) is 6.04 Å². The average molecular weight is 522 g/mol. The second-order valence-electron chi connectivity index (χ2n) is 7.20. The number of halogens is 5. The first-order chi connectivity index (χ1) is 15.7. The fourth-order valence-electron chi connectivity index (χ4n) is 3.44. The standard InChI is InChI=1S/C20H16Cl2F3N3O4S/c21-9-2-1-3-14(15(9)22)33-20-19(31)17(18(30)13(7-29)32-20)28-6-12(26-27-28)8-4-10(23)16(25)11(24)5-8/h1-6,13,17-20,29-31H,7H2/t13?,17-,18-,19?,20+/m0/s1. The summed E-state index contributed by atoms with van der Waals surface area (Å²) in [6, 6.07) is 5.26. The van der Waals surface area contributed by atoms with Crippen LogP contribution in [0.25, 0.3) is 11.3 Å². The SMILES string of the molecule is OCC1O[C@H](Sc2cccc(Cl)c2Cl)C(O)[C@@H](n2cc(-c3cc(F)c(F)c(F)c3)nn2)[C@H]1O. The third-order valence-corrected chi connectivity index (χ3v) is 7.25. The molecule has 7 nitrogen and oxygen atoms in total. The molecule has 176 valence electrons. The van der Waals surface area contributed by atoms with Crippen LogP contribution in [-0.4, -0.2) is 60.7 Å². The van der Waals surface area contributed by atoms with E-state index >= 15 is 0 Å². The molecule has 0 spiro atoms. The quantitative estimate of drug-likeness (QED) is 0.442. The number of ether oxygens (including phenoxy) is 1. The summed E-state index contributed by atoms with van der Waals surface area (Å²) in [4.78, 5) is 0.497.